The lowest BCUT2D eigenvalue weighted by Gasteiger charge is -2.22. The second-order valence-corrected chi connectivity index (χ2v) is 7.24. The van der Waals surface area contributed by atoms with Crippen LogP contribution in [-0.2, 0) is 0 Å². The minimum Gasteiger partial charge on any atom is -0.508 e. The van der Waals surface area contributed by atoms with Crippen LogP contribution in [0.1, 0.15) is 47.6 Å². The van der Waals surface area contributed by atoms with Crippen molar-refractivity contribution < 1.29 is 5.11 Å². The summed E-state index contributed by atoms with van der Waals surface area (Å²) in [6, 6.07) is 20.8. The van der Waals surface area contributed by atoms with Gasteiger partial charge in [0.05, 0.1) is 0 Å². The highest BCUT2D eigenvalue weighted by molar-refractivity contribution is 5.58. The molecular weight excluding hydrogens is 344 g/mol. The molecule has 0 aliphatic heterocycles. The number of aromatic hydroxyl groups is 1. The van der Waals surface area contributed by atoms with Crippen molar-refractivity contribution in [3.63, 3.8) is 0 Å². The Morgan fingerprint density at radius 1 is 0.714 bits per heavy atom. The Morgan fingerprint density at radius 2 is 1.21 bits per heavy atom. The summed E-state index contributed by atoms with van der Waals surface area (Å²) in [5.74, 6) is 0.361. The second-order valence-electron chi connectivity index (χ2n) is 7.24. The van der Waals surface area contributed by atoms with Crippen LogP contribution in [-0.4, -0.2) is 18.2 Å². The van der Waals surface area contributed by atoms with Gasteiger partial charge in [-0.15, -0.1) is 0 Å². The van der Waals surface area contributed by atoms with E-state index in [4.69, 9.17) is 0 Å². The normalized spacial score (nSPS) is 10.9. The number of rotatable bonds is 7. The fourth-order valence-electron chi connectivity index (χ4n) is 3.79. The van der Waals surface area contributed by atoms with Gasteiger partial charge in [-0.1, -0.05) is 36.4 Å². The van der Waals surface area contributed by atoms with Crippen LogP contribution in [0, 0.1) is 13.8 Å². The van der Waals surface area contributed by atoms with Gasteiger partial charge in [-0.3, -0.25) is 0 Å². The van der Waals surface area contributed by atoms with E-state index in [-0.39, 0.29) is 5.92 Å². The lowest BCUT2D eigenvalue weighted by atomic mass is 9.83. The van der Waals surface area contributed by atoms with Crippen LogP contribution in [0.3, 0.4) is 0 Å². The fraction of sp³-hybridized carbons (Fsp3) is 0.280. The maximum Gasteiger partial charge on any atom is 0.115 e. The van der Waals surface area contributed by atoms with Crippen molar-refractivity contribution in [1.82, 2.24) is 0 Å². The number of benzene rings is 3. The SMILES string of the molecule is CCNc1ccc(C(c2cccc(O)c2)c2ccc(NCC)c(C)c2)cc1C. The maximum atomic E-state index is 10.1. The van der Waals surface area contributed by atoms with E-state index in [0.717, 1.165) is 18.7 Å². The molecule has 3 nitrogen and oxygen atoms in total. The van der Waals surface area contributed by atoms with Gasteiger partial charge in [0.15, 0.2) is 0 Å². The molecule has 28 heavy (non-hydrogen) atoms. The molecule has 3 rings (SSSR count). The number of hydrogen-bond acceptors (Lipinski definition) is 3. The number of nitrogens with one attached hydrogen (secondary N) is 2. The van der Waals surface area contributed by atoms with Crippen LogP contribution in [0.15, 0.2) is 60.7 Å². The molecule has 0 saturated heterocycles. The van der Waals surface area contributed by atoms with E-state index in [1.807, 2.05) is 12.1 Å². The first-order valence-electron chi connectivity index (χ1n) is 10.0. The monoisotopic (exact) mass is 374 g/mol. The zero-order valence-electron chi connectivity index (χ0n) is 17.2. The van der Waals surface area contributed by atoms with E-state index >= 15 is 0 Å². The average Bonchev–Trinajstić information content (AvgIpc) is 2.66. The molecule has 0 heterocycles. The highest BCUT2D eigenvalue weighted by Crippen LogP contribution is 2.36. The molecule has 0 aromatic heterocycles. The van der Waals surface area contributed by atoms with E-state index in [1.54, 1.807) is 6.07 Å². The zero-order valence-corrected chi connectivity index (χ0v) is 17.2. The van der Waals surface area contributed by atoms with Crippen LogP contribution in [0.4, 0.5) is 11.4 Å². The molecular formula is C25H30N2O. The molecule has 0 fully saturated rings. The Kier molecular flexibility index (Phi) is 6.25. The smallest absolute Gasteiger partial charge is 0.115 e. The van der Waals surface area contributed by atoms with Crippen molar-refractivity contribution in [2.24, 2.45) is 0 Å². The van der Waals surface area contributed by atoms with Crippen molar-refractivity contribution in [3.8, 4) is 5.75 Å². The van der Waals surface area contributed by atoms with Gasteiger partial charge in [-0.05, 0) is 79.8 Å². The number of anilines is 2. The third-order valence-electron chi connectivity index (χ3n) is 5.11. The van der Waals surface area contributed by atoms with Crippen LogP contribution in [0.2, 0.25) is 0 Å². The van der Waals surface area contributed by atoms with Gasteiger partial charge in [0.25, 0.3) is 0 Å². The predicted octanol–water partition coefficient (Wildman–Crippen LogP) is 6.05. The summed E-state index contributed by atoms with van der Waals surface area (Å²) < 4.78 is 0. The number of hydrogen-bond donors (Lipinski definition) is 3. The zero-order chi connectivity index (χ0) is 20.1. The molecule has 0 aliphatic carbocycles. The van der Waals surface area contributed by atoms with Gasteiger partial charge in [0.2, 0.25) is 0 Å². The van der Waals surface area contributed by atoms with E-state index in [1.165, 1.54) is 33.6 Å². The molecule has 0 saturated carbocycles. The Morgan fingerprint density at radius 3 is 1.64 bits per heavy atom. The van der Waals surface area contributed by atoms with Crippen molar-refractivity contribution in [3.05, 3.63) is 88.5 Å². The third kappa shape index (κ3) is 4.30. The summed E-state index contributed by atoms with van der Waals surface area (Å²) in [6.07, 6.45) is 0. The third-order valence-corrected chi connectivity index (χ3v) is 5.11. The summed E-state index contributed by atoms with van der Waals surface area (Å²) in [6.45, 7) is 10.3. The molecule has 3 aromatic rings. The van der Waals surface area contributed by atoms with Gasteiger partial charge in [-0.2, -0.15) is 0 Å². The van der Waals surface area contributed by atoms with Crippen molar-refractivity contribution in [1.29, 1.82) is 0 Å². The van der Waals surface area contributed by atoms with Crippen LogP contribution < -0.4 is 10.6 Å². The molecule has 0 spiro atoms. The lowest BCUT2D eigenvalue weighted by Crippen LogP contribution is -2.07. The Bertz CT molecular complexity index is 894. The largest absolute Gasteiger partial charge is 0.508 e. The van der Waals surface area contributed by atoms with Gasteiger partial charge < -0.3 is 15.7 Å². The van der Waals surface area contributed by atoms with Crippen molar-refractivity contribution in [2.75, 3.05) is 23.7 Å². The molecule has 0 radical (unpaired) electrons. The topological polar surface area (TPSA) is 44.3 Å². The lowest BCUT2D eigenvalue weighted by molar-refractivity contribution is 0.474. The van der Waals surface area contributed by atoms with E-state index < -0.39 is 0 Å². The van der Waals surface area contributed by atoms with Crippen molar-refractivity contribution in [2.45, 2.75) is 33.6 Å². The first kappa shape index (κ1) is 19.8. The Balaban J connectivity index is 2.11. The number of phenolic OH excluding ortho intramolecular Hbond substituents is 1. The first-order chi connectivity index (χ1) is 13.5. The summed E-state index contributed by atoms with van der Waals surface area (Å²) in [5.41, 5.74) is 8.32. The summed E-state index contributed by atoms with van der Waals surface area (Å²) in [4.78, 5) is 0. The van der Waals surface area contributed by atoms with Crippen LogP contribution in [0.25, 0.3) is 0 Å². The quantitative estimate of drug-likeness (QED) is 0.441. The highest BCUT2D eigenvalue weighted by Gasteiger charge is 2.19. The number of aryl methyl sites for hydroxylation is 2. The Labute approximate surface area is 168 Å². The average molecular weight is 375 g/mol. The minimum absolute atomic E-state index is 0.0656. The van der Waals surface area contributed by atoms with Gasteiger partial charge in [-0.25, -0.2) is 0 Å². The maximum absolute atomic E-state index is 10.1. The highest BCUT2D eigenvalue weighted by atomic mass is 16.3. The minimum atomic E-state index is 0.0656. The molecule has 0 unspecified atom stereocenters. The Hall–Kier alpha value is -2.94. The van der Waals surface area contributed by atoms with Crippen LogP contribution in [0.5, 0.6) is 5.75 Å². The van der Waals surface area contributed by atoms with E-state index in [2.05, 4.69) is 80.8 Å². The molecule has 146 valence electrons. The molecule has 3 heteroatoms. The van der Waals surface area contributed by atoms with Gasteiger partial charge in [0.1, 0.15) is 5.75 Å². The van der Waals surface area contributed by atoms with E-state index in [0.29, 0.717) is 5.75 Å². The molecule has 3 aromatic carbocycles. The van der Waals surface area contributed by atoms with Gasteiger partial charge >= 0.3 is 0 Å². The predicted molar refractivity (Wildman–Crippen MR) is 120 cm³/mol. The molecule has 0 atom stereocenters. The second kappa shape index (κ2) is 8.83. The number of phenols is 1. The molecule has 0 amide bonds. The molecule has 0 aliphatic rings. The standard InChI is InChI=1S/C25H30N2O/c1-5-26-23-12-10-20(14-17(23)3)25(19-8-7-9-22(28)16-19)21-11-13-24(27-6-2)18(4)15-21/h7-16,25-28H,5-6H2,1-4H3. The summed E-state index contributed by atoms with van der Waals surface area (Å²) in [5, 5.41) is 16.9. The fourth-order valence-corrected chi connectivity index (χ4v) is 3.79. The molecule has 0 bridgehead atoms. The van der Waals surface area contributed by atoms with E-state index in [9.17, 15) is 5.11 Å². The molecule has 3 N–H and O–H groups in total. The summed E-state index contributed by atoms with van der Waals surface area (Å²) >= 11 is 0. The van der Waals surface area contributed by atoms with Crippen LogP contribution >= 0.6 is 0 Å². The van der Waals surface area contributed by atoms with Gasteiger partial charge in [0, 0.05) is 30.4 Å². The summed E-state index contributed by atoms with van der Waals surface area (Å²) in [7, 11) is 0. The van der Waals surface area contributed by atoms with Crippen molar-refractivity contribution >= 4 is 11.4 Å². The first-order valence-corrected chi connectivity index (χ1v) is 10.0.